The van der Waals surface area contributed by atoms with E-state index in [-0.39, 0.29) is 28.5 Å². The van der Waals surface area contributed by atoms with E-state index >= 15 is 0 Å². The highest BCUT2D eigenvalue weighted by Crippen LogP contribution is 2.38. The average Bonchev–Trinajstić information content (AvgIpc) is 3.45. The summed E-state index contributed by atoms with van der Waals surface area (Å²) in [6, 6.07) is 4.30. The molecule has 0 aliphatic heterocycles. The zero-order valence-corrected chi connectivity index (χ0v) is 15.4. The largest absolute Gasteiger partial charge is 0.618 e. The molecular weight excluding hydrogens is 379 g/mol. The predicted octanol–water partition coefficient (Wildman–Crippen LogP) is 2.25. The number of rotatable bonds is 2. The third kappa shape index (κ3) is 2.34. The first-order valence-corrected chi connectivity index (χ1v) is 9.13. The second-order valence-corrected chi connectivity index (χ2v) is 7.26. The van der Waals surface area contributed by atoms with Gasteiger partial charge in [0, 0.05) is 6.92 Å². The molecule has 0 amide bonds. The van der Waals surface area contributed by atoms with Gasteiger partial charge in [-0.1, -0.05) is 5.16 Å². The molecule has 1 N–H and O–H groups in total. The highest BCUT2D eigenvalue weighted by molar-refractivity contribution is 5.85. The first kappa shape index (κ1) is 17.5. The van der Waals surface area contributed by atoms with Gasteiger partial charge in [-0.15, -0.1) is 0 Å². The summed E-state index contributed by atoms with van der Waals surface area (Å²) in [5, 5.41) is 36.8. The standard InChI is InChI=1S/C19H15FN6O3/c1-10-15-14(17-23-18(29-24-17)19(27)6-2-3-7-19)22-9-25(15)13-5-4-12(20)11(8-21)16(13)26(10)28/h4-5,9,27H,2-3,6-7H2,1H3. The molecule has 0 saturated heterocycles. The fourth-order valence-electron chi connectivity index (χ4n) is 4.05. The smallest absolute Gasteiger partial charge is 0.262 e. The second-order valence-electron chi connectivity index (χ2n) is 7.26. The van der Waals surface area contributed by atoms with Crippen LogP contribution >= 0.6 is 0 Å². The number of imidazole rings is 1. The van der Waals surface area contributed by atoms with Gasteiger partial charge in [-0.25, -0.2) is 9.37 Å². The maximum atomic E-state index is 14.0. The monoisotopic (exact) mass is 394 g/mol. The molecule has 1 aliphatic rings. The summed E-state index contributed by atoms with van der Waals surface area (Å²) in [6.45, 7) is 1.55. The minimum Gasteiger partial charge on any atom is -0.618 e. The van der Waals surface area contributed by atoms with E-state index in [0.717, 1.165) is 18.9 Å². The number of hydrogen-bond acceptors (Lipinski definition) is 7. The minimum absolute atomic E-state index is 0.0736. The lowest BCUT2D eigenvalue weighted by Gasteiger charge is -2.15. The molecule has 0 bridgehead atoms. The Balaban J connectivity index is 1.76. The van der Waals surface area contributed by atoms with Crippen molar-refractivity contribution in [1.82, 2.24) is 19.5 Å². The van der Waals surface area contributed by atoms with Gasteiger partial charge in [0.1, 0.15) is 40.5 Å². The Morgan fingerprint density at radius 2 is 2.14 bits per heavy atom. The fourth-order valence-corrected chi connectivity index (χ4v) is 4.05. The van der Waals surface area contributed by atoms with E-state index in [0.29, 0.717) is 34.3 Å². The Labute approximate surface area is 163 Å². The van der Waals surface area contributed by atoms with Gasteiger partial charge in [0.25, 0.3) is 11.4 Å². The molecule has 10 heteroatoms. The molecule has 4 aromatic rings. The van der Waals surface area contributed by atoms with Crippen molar-refractivity contribution in [3.63, 3.8) is 0 Å². The van der Waals surface area contributed by atoms with E-state index in [2.05, 4.69) is 15.1 Å². The SMILES string of the molecule is Cc1c2c(-c3noc(C4(O)CCCC4)n3)ncn2c2ccc(F)c(C#N)c2[n+]1[O-]. The molecule has 0 unspecified atom stereocenters. The molecular formula is C19H15FN6O3. The number of aliphatic hydroxyl groups is 1. The molecule has 9 nitrogen and oxygen atoms in total. The molecule has 3 heterocycles. The summed E-state index contributed by atoms with van der Waals surface area (Å²) in [5.74, 6) is -0.488. The van der Waals surface area contributed by atoms with Crippen LogP contribution in [0.15, 0.2) is 23.0 Å². The highest BCUT2D eigenvalue weighted by atomic mass is 19.1. The molecule has 0 spiro atoms. The average molecular weight is 394 g/mol. The van der Waals surface area contributed by atoms with Crippen molar-refractivity contribution in [2.24, 2.45) is 0 Å². The van der Waals surface area contributed by atoms with Crippen molar-refractivity contribution in [2.45, 2.75) is 38.2 Å². The van der Waals surface area contributed by atoms with Crippen molar-refractivity contribution < 1.29 is 18.8 Å². The first-order valence-electron chi connectivity index (χ1n) is 9.13. The number of fused-ring (bicyclic) bond motifs is 3. The van der Waals surface area contributed by atoms with Crippen LogP contribution in [0.1, 0.15) is 42.8 Å². The van der Waals surface area contributed by atoms with Crippen molar-refractivity contribution in [1.29, 1.82) is 5.26 Å². The Morgan fingerprint density at radius 3 is 2.86 bits per heavy atom. The van der Waals surface area contributed by atoms with Gasteiger partial charge in [-0.2, -0.15) is 15.0 Å². The van der Waals surface area contributed by atoms with Crippen molar-refractivity contribution in [3.05, 3.63) is 46.6 Å². The van der Waals surface area contributed by atoms with Crippen molar-refractivity contribution in [3.8, 4) is 17.6 Å². The van der Waals surface area contributed by atoms with E-state index in [1.807, 2.05) is 0 Å². The topological polar surface area (TPSA) is 127 Å². The third-order valence-corrected chi connectivity index (χ3v) is 5.56. The summed E-state index contributed by atoms with van der Waals surface area (Å²) >= 11 is 0. The molecule has 146 valence electrons. The number of nitriles is 1. The number of aryl methyl sites for hydroxylation is 1. The van der Waals surface area contributed by atoms with Crippen LogP contribution in [0.4, 0.5) is 4.39 Å². The number of aromatic nitrogens is 5. The molecule has 3 aromatic heterocycles. The molecule has 29 heavy (non-hydrogen) atoms. The summed E-state index contributed by atoms with van der Waals surface area (Å²) in [5.41, 5.74) is -0.297. The summed E-state index contributed by atoms with van der Waals surface area (Å²) in [4.78, 5) is 8.65. The van der Waals surface area contributed by atoms with E-state index in [9.17, 15) is 20.0 Å². The lowest BCUT2D eigenvalue weighted by atomic mass is 10.0. The van der Waals surface area contributed by atoms with E-state index < -0.39 is 11.4 Å². The van der Waals surface area contributed by atoms with Crippen LogP contribution in [-0.4, -0.2) is 24.6 Å². The Bertz CT molecular complexity index is 1330. The van der Waals surface area contributed by atoms with Crippen LogP contribution in [0.25, 0.3) is 28.1 Å². The first-order chi connectivity index (χ1) is 13.9. The van der Waals surface area contributed by atoms with Crippen LogP contribution in [0, 0.1) is 29.3 Å². The van der Waals surface area contributed by atoms with Gasteiger partial charge in [0.05, 0.1) is 0 Å². The Kier molecular flexibility index (Phi) is 3.60. The van der Waals surface area contributed by atoms with Crippen molar-refractivity contribution >= 4 is 16.6 Å². The van der Waals surface area contributed by atoms with Gasteiger partial charge in [0.2, 0.25) is 11.5 Å². The van der Waals surface area contributed by atoms with E-state index in [1.54, 1.807) is 17.4 Å². The third-order valence-electron chi connectivity index (χ3n) is 5.56. The van der Waals surface area contributed by atoms with Crippen molar-refractivity contribution in [2.75, 3.05) is 0 Å². The molecule has 1 aromatic carbocycles. The summed E-state index contributed by atoms with van der Waals surface area (Å²) < 4.78 is 21.4. The molecule has 0 radical (unpaired) electrons. The molecule has 5 rings (SSSR count). The number of benzene rings is 1. The zero-order valence-electron chi connectivity index (χ0n) is 15.4. The molecule has 1 fully saturated rings. The minimum atomic E-state index is -1.14. The normalized spacial score (nSPS) is 15.9. The second kappa shape index (κ2) is 5.96. The maximum absolute atomic E-state index is 14.0. The maximum Gasteiger partial charge on any atom is 0.262 e. The van der Waals surface area contributed by atoms with E-state index in [1.165, 1.54) is 12.4 Å². The predicted molar refractivity (Wildman–Crippen MR) is 96.7 cm³/mol. The lowest BCUT2D eigenvalue weighted by Crippen LogP contribution is -2.33. The van der Waals surface area contributed by atoms with Crippen LogP contribution in [0.2, 0.25) is 0 Å². The van der Waals surface area contributed by atoms with E-state index in [4.69, 9.17) is 4.52 Å². The lowest BCUT2D eigenvalue weighted by molar-refractivity contribution is -0.583. The van der Waals surface area contributed by atoms with Crippen LogP contribution in [-0.2, 0) is 5.60 Å². The van der Waals surface area contributed by atoms with Gasteiger partial charge >= 0.3 is 0 Å². The quantitative estimate of drug-likeness (QED) is 0.408. The van der Waals surface area contributed by atoms with Gasteiger partial charge < -0.3 is 14.8 Å². The van der Waals surface area contributed by atoms with Crippen LogP contribution in [0.3, 0.4) is 0 Å². The summed E-state index contributed by atoms with van der Waals surface area (Å²) in [6.07, 6.45) is 4.30. The molecule has 0 atom stereocenters. The Morgan fingerprint density at radius 1 is 1.38 bits per heavy atom. The van der Waals surface area contributed by atoms with Gasteiger partial charge in [-0.05, 0) is 37.8 Å². The zero-order chi connectivity index (χ0) is 20.3. The number of nitrogens with zero attached hydrogens (tertiary/aromatic N) is 6. The molecule has 1 aliphatic carbocycles. The summed E-state index contributed by atoms with van der Waals surface area (Å²) in [7, 11) is 0. The fraction of sp³-hybridized carbons (Fsp3) is 0.316. The van der Waals surface area contributed by atoms with Gasteiger partial charge in [0.15, 0.2) is 5.56 Å². The molecule has 1 saturated carbocycles. The van der Waals surface area contributed by atoms with Crippen LogP contribution < -0.4 is 4.73 Å². The van der Waals surface area contributed by atoms with Crippen LogP contribution in [0.5, 0.6) is 0 Å². The number of hydrogen-bond donors (Lipinski definition) is 1. The number of halogens is 1. The van der Waals surface area contributed by atoms with Gasteiger partial charge in [-0.3, -0.25) is 4.40 Å². The highest BCUT2D eigenvalue weighted by Gasteiger charge is 2.39. The Hall–Kier alpha value is -3.58.